The minimum Gasteiger partial charge on any atom is -0.419 e. The van der Waals surface area contributed by atoms with Gasteiger partial charge in [0, 0.05) is 0 Å². The highest BCUT2D eigenvalue weighted by Gasteiger charge is 2.20. The van der Waals surface area contributed by atoms with Crippen molar-refractivity contribution in [3.63, 3.8) is 0 Å². The molecule has 0 fully saturated rings. The first-order valence-electron chi connectivity index (χ1n) is 4.89. The quantitative estimate of drug-likeness (QED) is 0.373. The number of nitro groups is 1. The number of furan rings is 1. The summed E-state index contributed by atoms with van der Waals surface area (Å²) in [7, 11) is 0. The summed E-state index contributed by atoms with van der Waals surface area (Å²) in [5.74, 6) is -1.72. The van der Waals surface area contributed by atoms with Crippen molar-refractivity contribution in [3.05, 3.63) is 56.3 Å². The van der Waals surface area contributed by atoms with Crippen LogP contribution in [0.15, 0.2) is 34.7 Å². The van der Waals surface area contributed by atoms with E-state index in [1.807, 2.05) is 0 Å². The number of carbonyl (C=O) groups is 1. The molecule has 6 nitrogen and oxygen atoms in total. The number of benzene rings is 1. The maximum absolute atomic E-state index is 11.7. The van der Waals surface area contributed by atoms with E-state index in [4.69, 9.17) is 32.4 Å². The lowest BCUT2D eigenvalue weighted by atomic mass is 10.3. The zero-order valence-electron chi connectivity index (χ0n) is 9.13. The maximum Gasteiger partial charge on any atom is 0.433 e. The number of hydrogen-bond donors (Lipinski definition) is 0. The van der Waals surface area contributed by atoms with E-state index in [0.29, 0.717) is 0 Å². The molecule has 1 heterocycles. The highest BCUT2D eigenvalue weighted by atomic mass is 35.5. The van der Waals surface area contributed by atoms with E-state index in [1.165, 1.54) is 12.1 Å². The highest BCUT2D eigenvalue weighted by Crippen LogP contribution is 2.32. The minimum absolute atomic E-state index is 0.0400. The lowest BCUT2D eigenvalue weighted by Crippen LogP contribution is -2.07. The summed E-state index contributed by atoms with van der Waals surface area (Å²) >= 11 is 11.6. The molecule has 0 radical (unpaired) electrons. The average molecular weight is 302 g/mol. The Hall–Kier alpha value is -2.05. The first-order valence-corrected chi connectivity index (χ1v) is 5.65. The van der Waals surface area contributed by atoms with Crippen molar-refractivity contribution in [1.29, 1.82) is 0 Å². The molecule has 0 bridgehead atoms. The molecule has 98 valence electrons. The fourth-order valence-electron chi connectivity index (χ4n) is 1.25. The molecule has 8 heteroatoms. The summed E-state index contributed by atoms with van der Waals surface area (Å²) in [6, 6.07) is 6.69. The van der Waals surface area contributed by atoms with Crippen molar-refractivity contribution in [2.24, 2.45) is 0 Å². The zero-order valence-corrected chi connectivity index (χ0v) is 10.6. The third kappa shape index (κ3) is 2.86. The molecule has 2 rings (SSSR count). The number of hydrogen-bond acceptors (Lipinski definition) is 5. The third-order valence-electron chi connectivity index (χ3n) is 2.09. The molecule has 0 saturated heterocycles. The van der Waals surface area contributed by atoms with Crippen LogP contribution >= 0.6 is 23.2 Å². The zero-order chi connectivity index (χ0) is 14.0. The van der Waals surface area contributed by atoms with Gasteiger partial charge in [0.25, 0.3) is 0 Å². The number of carbonyl (C=O) groups excluding carboxylic acids is 1. The van der Waals surface area contributed by atoms with Gasteiger partial charge in [0.1, 0.15) is 9.95 Å². The fraction of sp³-hybridized carbons (Fsp3) is 0. The maximum atomic E-state index is 11.7. The van der Waals surface area contributed by atoms with Gasteiger partial charge in [0.15, 0.2) is 5.75 Å². The van der Waals surface area contributed by atoms with Gasteiger partial charge in [-0.3, -0.25) is 10.1 Å². The largest absolute Gasteiger partial charge is 0.433 e. The van der Waals surface area contributed by atoms with Crippen LogP contribution in [0.1, 0.15) is 10.6 Å². The Labute approximate surface area is 116 Å². The summed E-state index contributed by atoms with van der Waals surface area (Å²) in [6.45, 7) is 0. The second kappa shape index (κ2) is 5.29. The van der Waals surface area contributed by atoms with Gasteiger partial charge in [0.05, 0.1) is 11.1 Å². The van der Waals surface area contributed by atoms with Crippen molar-refractivity contribution in [2.45, 2.75) is 0 Å². The first-order chi connectivity index (χ1) is 8.99. The Kier molecular flexibility index (Phi) is 3.73. The molecule has 0 atom stereocenters. The molecule has 0 saturated carbocycles. The van der Waals surface area contributed by atoms with Crippen molar-refractivity contribution in [1.82, 2.24) is 0 Å². The van der Waals surface area contributed by atoms with Crippen LogP contribution in [-0.4, -0.2) is 10.9 Å². The lowest BCUT2D eigenvalue weighted by Gasteiger charge is -2.04. The number of halogens is 2. The van der Waals surface area contributed by atoms with E-state index < -0.39 is 16.8 Å². The molecule has 0 aliphatic carbocycles. The Balaban J connectivity index is 2.21. The van der Waals surface area contributed by atoms with Gasteiger partial charge in [-0.1, -0.05) is 29.3 Å². The second-order valence-corrected chi connectivity index (χ2v) is 4.12. The van der Waals surface area contributed by atoms with Crippen LogP contribution in [0.2, 0.25) is 10.0 Å². The minimum atomic E-state index is -0.905. The summed E-state index contributed by atoms with van der Waals surface area (Å²) < 4.78 is 9.63. The molecular formula is C11H5Cl2NO5. The molecule has 2 aromatic rings. The van der Waals surface area contributed by atoms with Crippen LogP contribution in [0, 0.1) is 10.1 Å². The molecule has 0 amide bonds. The van der Waals surface area contributed by atoms with Gasteiger partial charge in [0.2, 0.25) is 5.76 Å². The summed E-state index contributed by atoms with van der Waals surface area (Å²) in [6.07, 6.45) is 0. The van der Waals surface area contributed by atoms with Crippen molar-refractivity contribution < 1.29 is 18.9 Å². The van der Waals surface area contributed by atoms with Crippen LogP contribution in [0.4, 0.5) is 5.88 Å². The predicted octanol–water partition coefficient (Wildman–Crippen LogP) is 3.71. The van der Waals surface area contributed by atoms with Crippen molar-refractivity contribution in [3.8, 4) is 5.75 Å². The Bertz CT molecular complexity index is 652. The highest BCUT2D eigenvalue weighted by molar-refractivity contribution is 6.43. The fourth-order valence-corrected chi connectivity index (χ4v) is 1.58. The van der Waals surface area contributed by atoms with Gasteiger partial charge in [-0.2, -0.15) is 0 Å². The molecule has 0 spiro atoms. The molecule has 19 heavy (non-hydrogen) atoms. The van der Waals surface area contributed by atoms with Gasteiger partial charge in [-0.25, -0.2) is 4.79 Å². The SMILES string of the molecule is O=C(Oc1cccc(Cl)c1Cl)c1ccc([N+](=O)[O-])o1. The smallest absolute Gasteiger partial charge is 0.419 e. The van der Waals surface area contributed by atoms with Crippen molar-refractivity contribution in [2.75, 3.05) is 0 Å². The van der Waals surface area contributed by atoms with Crippen LogP contribution in [0.3, 0.4) is 0 Å². The summed E-state index contributed by atoms with van der Waals surface area (Å²) in [4.78, 5) is 21.3. The van der Waals surface area contributed by atoms with Crippen LogP contribution in [-0.2, 0) is 0 Å². The number of nitrogens with zero attached hydrogens (tertiary/aromatic N) is 1. The van der Waals surface area contributed by atoms with Crippen LogP contribution < -0.4 is 4.74 Å². The van der Waals surface area contributed by atoms with Crippen LogP contribution in [0.5, 0.6) is 5.75 Å². The van der Waals surface area contributed by atoms with E-state index in [0.717, 1.165) is 12.1 Å². The first kappa shape index (κ1) is 13.4. The normalized spacial score (nSPS) is 10.2. The van der Waals surface area contributed by atoms with E-state index in [1.54, 1.807) is 6.07 Å². The van der Waals surface area contributed by atoms with E-state index >= 15 is 0 Å². The molecular weight excluding hydrogens is 297 g/mol. The summed E-state index contributed by atoms with van der Waals surface area (Å²) in [5, 5.41) is 10.7. The van der Waals surface area contributed by atoms with Gasteiger partial charge in [-0.05, 0) is 18.2 Å². The standard InChI is InChI=1S/C11H5Cl2NO5/c12-6-2-1-3-7(10(6)13)19-11(15)8-4-5-9(18-8)14(16)17/h1-5H. The Morgan fingerprint density at radius 2 is 2.00 bits per heavy atom. The molecule has 0 aliphatic rings. The molecule has 1 aromatic carbocycles. The molecule has 0 aliphatic heterocycles. The monoisotopic (exact) mass is 301 g/mol. The molecule has 1 aromatic heterocycles. The van der Waals surface area contributed by atoms with Gasteiger partial charge >= 0.3 is 11.9 Å². The van der Waals surface area contributed by atoms with E-state index in [2.05, 4.69) is 0 Å². The van der Waals surface area contributed by atoms with E-state index in [-0.39, 0.29) is 21.6 Å². The third-order valence-corrected chi connectivity index (χ3v) is 2.89. The lowest BCUT2D eigenvalue weighted by molar-refractivity contribution is -0.402. The molecule has 0 N–H and O–H groups in total. The predicted molar refractivity (Wildman–Crippen MR) is 66.8 cm³/mol. The number of rotatable bonds is 3. The van der Waals surface area contributed by atoms with Crippen molar-refractivity contribution >= 4 is 35.1 Å². The van der Waals surface area contributed by atoms with Gasteiger partial charge in [-0.15, -0.1) is 0 Å². The Morgan fingerprint density at radius 1 is 1.26 bits per heavy atom. The number of ether oxygens (including phenoxy) is 1. The topological polar surface area (TPSA) is 82.6 Å². The van der Waals surface area contributed by atoms with Crippen LogP contribution in [0.25, 0.3) is 0 Å². The second-order valence-electron chi connectivity index (χ2n) is 3.34. The Morgan fingerprint density at radius 3 is 2.63 bits per heavy atom. The summed E-state index contributed by atoms with van der Waals surface area (Å²) in [5.41, 5.74) is 0. The molecule has 0 unspecified atom stereocenters. The number of esters is 1. The van der Waals surface area contributed by atoms with E-state index in [9.17, 15) is 14.9 Å². The average Bonchev–Trinajstić information content (AvgIpc) is 2.84. The van der Waals surface area contributed by atoms with Gasteiger partial charge < -0.3 is 9.15 Å².